The normalized spacial score (nSPS) is 11.1. The Kier molecular flexibility index (Phi) is 9.38. The Morgan fingerprint density at radius 1 is 0.949 bits per heavy atom. The summed E-state index contributed by atoms with van der Waals surface area (Å²) in [5, 5.41) is 12.8. The molecule has 0 unspecified atom stereocenters. The number of aromatic nitrogens is 5. The van der Waals surface area contributed by atoms with Crippen molar-refractivity contribution in [1.29, 1.82) is 0 Å². The molecule has 2 aromatic carbocycles. The van der Waals surface area contributed by atoms with Crippen LogP contribution in [-0.2, 0) is 13.1 Å². The number of hydrogen-bond donors (Lipinski definition) is 3. The maximum Gasteiger partial charge on any atom is 0.330 e. The highest BCUT2D eigenvalue weighted by atomic mass is 16.3. The summed E-state index contributed by atoms with van der Waals surface area (Å²) in [6.07, 6.45) is 5.57. The number of aromatic amines is 1. The van der Waals surface area contributed by atoms with Gasteiger partial charge in [0.1, 0.15) is 0 Å². The van der Waals surface area contributed by atoms with Gasteiger partial charge < -0.3 is 15.0 Å². The monoisotopic (exact) mass is 530 g/mol. The van der Waals surface area contributed by atoms with Crippen LogP contribution in [0, 0.1) is 0 Å². The van der Waals surface area contributed by atoms with Crippen LogP contribution in [0.5, 0.6) is 0 Å². The van der Waals surface area contributed by atoms with Crippen LogP contribution in [0.2, 0.25) is 0 Å². The number of anilines is 1. The lowest BCUT2D eigenvalue weighted by atomic mass is 10.1. The Labute approximate surface area is 227 Å². The van der Waals surface area contributed by atoms with E-state index in [9.17, 15) is 14.7 Å². The van der Waals surface area contributed by atoms with Gasteiger partial charge in [-0.15, -0.1) is 0 Å². The van der Waals surface area contributed by atoms with Gasteiger partial charge in [-0.25, -0.2) is 4.79 Å². The Balaban J connectivity index is 0.00000172. The molecule has 9 nitrogen and oxygen atoms in total. The van der Waals surface area contributed by atoms with Crippen LogP contribution in [0.15, 0.2) is 70.4 Å². The molecule has 0 atom stereocenters. The molecule has 0 radical (unpaired) electrons. The molecular formula is C30H38N6O3. The highest BCUT2D eigenvalue weighted by Gasteiger charge is 2.20. The summed E-state index contributed by atoms with van der Waals surface area (Å²) in [5.74, 6) is 0.589. The number of aliphatic hydroxyl groups is 1. The fourth-order valence-corrected chi connectivity index (χ4v) is 4.65. The summed E-state index contributed by atoms with van der Waals surface area (Å²) in [4.78, 5) is 33.1. The molecule has 9 heteroatoms. The van der Waals surface area contributed by atoms with Gasteiger partial charge in [0.05, 0.1) is 12.2 Å². The van der Waals surface area contributed by atoms with Gasteiger partial charge in [0, 0.05) is 31.6 Å². The molecule has 39 heavy (non-hydrogen) atoms. The molecule has 0 saturated heterocycles. The maximum atomic E-state index is 13.0. The largest absolute Gasteiger partial charge is 0.396 e. The minimum atomic E-state index is -0.486. The van der Waals surface area contributed by atoms with E-state index in [1.807, 2.05) is 50.4 Å². The van der Waals surface area contributed by atoms with E-state index in [1.165, 1.54) is 4.57 Å². The van der Waals surface area contributed by atoms with Gasteiger partial charge in [0.2, 0.25) is 5.78 Å². The Hall–Kier alpha value is -4.11. The Bertz CT molecular complexity index is 1610. The van der Waals surface area contributed by atoms with Gasteiger partial charge in [-0.2, -0.15) is 4.98 Å². The number of H-pyrrole nitrogens is 1. The van der Waals surface area contributed by atoms with Crippen LogP contribution in [0.25, 0.3) is 28.2 Å². The molecule has 3 N–H and O–H groups in total. The van der Waals surface area contributed by atoms with E-state index in [1.54, 1.807) is 4.40 Å². The second kappa shape index (κ2) is 13.1. The van der Waals surface area contributed by atoms with E-state index in [-0.39, 0.29) is 6.61 Å². The van der Waals surface area contributed by atoms with Crippen molar-refractivity contribution < 1.29 is 5.11 Å². The lowest BCUT2D eigenvalue weighted by Gasteiger charge is -2.10. The van der Waals surface area contributed by atoms with Crippen molar-refractivity contribution in [1.82, 2.24) is 23.5 Å². The number of hydrogen-bond acceptors (Lipinski definition) is 5. The highest BCUT2D eigenvalue weighted by molar-refractivity contribution is 5.78. The molecule has 3 aromatic heterocycles. The van der Waals surface area contributed by atoms with Gasteiger partial charge in [0.15, 0.2) is 11.2 Å². The van der Waals surface area contributed by atoms with Gasteiger partial charge in [-0.3, -0.25) is 18.7 Å². The van der Waals surface area contributed by atoms with Gasteiger partial charge in [0.25, 0.3) is 5.56 Å². The summed E-state index contributed by atoms with van der Waals surface area (Å²) >= 11 is 0. The summed E-state index contributed by atoms with van der Waals surface area (Å²) in [6, 6.07) is 17.9. The Morgan fingerprint density at radius 3 is 2.38 bits per heavy atom. The molecule has 0 spiro atoms. The van der Waals surface area contributed by atoms with Gasteiger partial charge >= 0.3 is 5.69 Å². The quantitative estimate of drug-likeness (QED) is 0.211. The summed E-state index contributed by atoms with van der Waals surface area (Å²) < 4.78 is 5.34. The van der Waals surface area contributed by atoms with Crippen molar-refractivity contribution in [2.45, 2.75) is 59.5 Å². The van der Waals surface area contributed by atoms with Gasteiger partial charge in [-0.1, -0.05) is 69.7 Å². The first-order valence-corrected chi connectivity index (χ1v) is 13.8. The topological polar surface area (TPSA) is 109 Å². The molecular weight excluding hydrogens is 492 g/mol. The average molecular weight is 531 g/mol. The van der Waals surface area contributed by atoms with E-state index < -0.39 is 11.2 Å². The number of rotatable bonds is 11. The fraction of sp³-hybridized carbons (Fsp3) is 0.367. The maximum absolute atomic E-state index is 13.0. The second-order valence-corrected chi connectivity index (χ2v) is 9.24. The van der Waals surface area contributed by atoms with E-state index in [4.69, 9.17) is 4.98 Å². The molecule has 206 valence electrons. The van der Waals surface area contributed by atoms with Crippen molar-refractivity contribution in [3.63, 3.8) is 0 Å². The third kappa shape index (κ3) is 5.98. The van der Waals surface area contributed by atoms with E-state index in [0.717, 1.165) is 48.3 Å². The number of aryl methyl sites for hydroxylation is 1. The third-order valence-electron chi connectivity index (χ3n) is 6.61. The van der Waals surface area contributed by atoms with Crippen LogP contribution in [-0.4, -0.2) is 41.8 Å². The molecule has 5 rings (SSSR count). The van der Waals surface area contributed by atoms with Crippen LogP contribution in [0.4, 0.5) is 5.69 Å². The predicted molar refractivity (Wildman–Crippen MR) is 158 cm³/mol. The van der Waals surface area contributed by atoms with Crippen molar-refractivity contribution in [3.05, 3.63) is 87.2 Å². The summed E-state index contributed by atoms with van der Waals surface area (Å²) in [6.45, 7) is 8.13. The minimum absolute atomic E-state index is 0.109. The molecule has 3 heterocycles. The number of aliphatic hydroxyl groups excluding tert-OH is 1. The van der Waals surface area contributed by atoms with Crippen molar-refractivity contribution in [2.75, 3.05) is 18.5 Å². The lowest BCUT2D eigenvalue weighted by Crippen LogP contribution is -2.31. The van der Waals surface area contributed by atoms with E-state index >= 15 is 0 Å². The molecule has 5 aromatic rings. The lowest BCUT2D eigenvalue weighted by molar-refractivity contribution is 0.281. The molecule has 0 saturated carbocycles. The summed E-state index contributed by atoms with van der Waals surface area (Å²) in [7, 11) is 0. The number of imidazole rings is 2. The number of unbranched alkanes of at least 4 members (excludes halogenated alkanes) is 2. The molecule has 0 aliphatic carbocycles. The zero-order chi connectivity index (χ0) is 27.8. The van der Waals surface area contributed by atoms with Crippen molar-refractivity contribution in [3.8, 4) is 11.3 Å². The number of fused-ring (bicyclic) bond motifs is 3. The van der Waals surface area contributed by atoms with Crippen LogP contribution < -0.4 is 16.6 Å². The molecule has 0 fully saturated rings. The number of benzene rings is 2. The van der Waals surface area contributed by atoms with Gasteiger partial charge in [-0.05, 0) is 42.5 Å². The number of nitrogens with one attached hydrogen (secondary N) is 2. The highest BCUT2D eigenvalue weighted by Crippen LogP contribution is 2.27. The smallest absolute Gasteiger partial charge is 0.330 e. The first-order chi connectivity index (χ1) is 19.1. The number of nitrogens with zero attached hydrogens (tertiary/aromatic N) is 4. The standard InChI is InChI=1S/C28H32N6O3.C2H6/c1-2-3-15-29-22-13-11-21(12-14-22)23-19-33-24-25(30-27(33)32(23)16-7-8-17-35)34(28(37)31-26(24)36)18-20-9-5-4-6-10-20;1-2/h4-6,9-14,19,29,35H,2-3,7-8,15-18H2,1H3,(H,31,36,37);1-2H3. The van der Waals surface area contributed by atoms with Crippen molar-refractivity contribution >= 4 is 22.6 Å². The summed E-state index contributed by atoms with van der Waals surface area (Å²) in [5.41, 5.74) is 3.66. The zero-order valence-electron chi connectivity index (χ0n) is 23.0. The first-order valence-electron chi connectivity index (χ1n) is 13.8. The van der Waals surface area contributed by atoms with E-state index in [0.29, 0.717) is 36.5 Å². The molecule has 0 bridgehead atoms. The molecule has 0 aliphatic heterocycles. The minimum Gasteiger partial charge on any atom is -0.396 e. The van der Waals surface area contributed by atoms with Crippen LogP contribution in [0.3, 0.4) is 0 Å². The SMILES string of the molecule is CC.CCCCNc1ccc(-c2cn3c4c(=O)[nH]c(=O)n(Cc5ccccc5)c4nc3n2CCCCO)cc1. The fourth-order valence-electron chi connectivity index (χ4n) is 4.65. The predicted octanol–water partition coefficient (Wildman–Crippen LogP) is 4.87. The third-order valence-corrected chi connectivity index (χ3v) is 6.61. The zero-order valence-corrected chi connectivity index (χ0v) is 23.0. The Morgan fingerprint density at radius 2 is 1.69 bits per heavy atom. The molecule has 0 amide bonds. The van der Waals surface area contributed by atoms with E-state index in [2.05, 4.69) is 46.1 Å². The second-order valence-electron chi connectivity index (χ2n) is 9.24. The average Bonchev–Trinajstić information content (AvgIpc) is 3.50. The first kappa shape index (κ1) is 27.9. The van der Waals surface area contributed by atoms with Crippen LogP contribution in [0.1, 0.15) is 52.0 Å². The van der Waals surface area contributed by atoms with Crippen LogP contribution >= 0.6 is 0 Å². The van der Waals surface area contributed by atoms with Crippen molar-refractivity contribution in [2.24, 2.45) is 0 Å². The molecule has 0 aliphatic rings.